The molecular formula is C18H17N5O3. The molecule has 1 aromatic carbocycles. The summed E-state index contributed by atoms with van der Waals surface area (Å²) < 4.78 is 6.07. The summed E-state index contributed by atoms with van der Waals surface area (Å²) in [5.41, 5.74) is 0.821. The zero-order valence-corrected chi connectivity index (χ0v) is 13.9. The van der Waals surface area contributed by atoms with Crippen molar-refractivity contribution in [2.75, 3.05) is 13.1 Å². The summed E-state index contributed by atoms with van der Waals surface area (Å²) in [5.74, 6) is 0.445. The highest BCUT2D eigenvalue weighted by atomic mass is 16.5. The van der Waals surface area contributed by atoms with Crippen molar-refractivity contribution in [2.24, 2.45) is 0 Å². The number of carbonyl (C=O) groups excluding carboxylic acids is 1. The van der Waals surface area contributed by atoms with Crippen LogP contribution >= 0.6 is 0 Å². The van der Waals surface area contributed by atoms with Gasteiger partial charge in [-0.25, -0.2) is 4.68 Å². The molecule has 0 unspecified atom stereocenters. The molecule has 1 amide bonds. The van der Waals surface area contributed by atoms with Gasteiger partial charge in [0.05, 0.1) is 0 Å². The third kappa shape index (κ3) is 3.13. The van der Waals surface area contributed by atoms with Gasteiger partial charge in [-0.15, -0.1) is 0 Å². The third-order valence-corrected chi connectivity index (χ3v) is 4.68. The van der Waals surface area contributed by atoms with Gasteiger partial charge in [0.2, 0.25) is 12.3 Å². The second-order valence-electron chi connectivity index (χ2n) is 6.23. The Balaban J connectivity index is 1.58. The minimum absolute atomic E-state index is 0.0550. The van der Waals surface area contributed by atoms with E-state index in [9.17, 15) is 9.59 Å². The molecule has 3 heterocycles. The Labute approximate surface area is 149 Å². The summed E-state index contributed by atoms with van der Waals surface area (Å²) in [6, 6.07) is 12.9. The molecule has 0 N–H and O–H groups in total. The van der Waals surface area contributed by atoms with Crippen molar-refractivity contribution in [1.29, 1.82) is 0 Å². The molecule has 2 atom stereocenters. The van der Waals surface area contributed by atoms with E-state index >= 15 is 0 Å². The molecule has 1 fully saturated rings. The highest BCUT2D eigenvalue weighted by molar-refractivity contribution is 5.76. The third-order valence-electron chi connectivity index (χ3n) is 4.68. The summed E-state index contributed by atoms with van der Waals surface area (Å²) >= 11 is 0. The number of likely N-dealkylation sites (tertiary alicyclic amines) is 1. The molecule has 4 rings (SSSR count). The van der Waals surface area contributed by atoms with Gasteiger partial charge in [-0.3, -0.25) is 9.59 Å². The van der Waals surface area contributed by atoms with Crippen LogP contribution in [0.15, 0.2) is 64.4 Å². The first-order valence-electron chi connectivity index (χ1n) is 8.33. The van der Waals surface area contributed by atoms with Crippen LogP contribution in [0.25, 0.3) is 0 Å². The van der Waals surface area contributed by atoms with Gasteiger partial charge in [-0.05, 0) is 11.6 Å². The lowest BCUT2D eigenvalue weighted by Gasteiger charge is -2.16. The van der Waals surface area contributed by atoms with Crippen LogP contribution in [-0.4, -0.2) is 43.8 Å². The molecule has 8 nitrogen and oxygen atoms in total. The predicted molar refractivity (Wildman–Crippen MR) is 91.3 cm³/mol. The number of amides is 1. The van der Waals surface area contributed by atoms with Crippen molar-refractivity contribution >= 4 is 5.91 Å². The lowest BCUT2D eigenvalue weighted by atomic mass is 9.88. The number of benzene rings is 1. The summed E-state index contributed by atoms with van der Waals surface area (Å²) in [4.78, 5) is 30.4. The molecular weight excluding hydrogens is 334 g/mol. The molecule has 132 valence electrons. The topological polar surface area (TPSA) is 94.1 Å². The van der Waals surface area contributed by atoms with E-state index in [1.54, 1.807) is 11.0 Å². The lowest BCUT2D eigenvalue weighted by Crippen LogP contribution is -2.35. The summed E-state index contributed by atoms with van der Waals surface area (Å²) in [7, 11) is 0. The lowest BCUT2D eigenvalue weighted by molar-refractivity contribution is -0.131. The number of nitrogens with zero attached hydrogens (tertiary/aromatic N) is 5. The average molecular weight is 351 g/mol. The largest absolute Gasteiger partial charge is 0.343 e. The fourth-order valence-corrected chi connectivity index (χ4v) is 3.38. The van der Waals surface area contributed by atoms with Crippen molar-refractivity contribution in [1.82, 2.24) is 24.8 Å². The van der Waals surface area contributed by atoms with Gasteiger partial charge >= 0.3 is 0 Å². The standard InChI is InChI=1S/C18H17N5O3/c24-16-7-4-8-20-23(16)11-17(25)22-9-14(13-5-2-1-3-6-13)15(10-22)18-19-12-26-21-18/h1-8,12,14-15H,9-11H2/t14-,15-/m0/s1. The first-order chi connectivity index (χ1) is 12.7. The van der Waals surface area contributed by atoms with Crippen LogP contribution < -0.4 is 5.56 Å². The summed E-state index contributed by atoms with van der Waals surface area (Å²) in [5, 5.41) is 7.93. The van der Waals surface area contributed by atoms with Crippen molar-refractivity contribution < 1.29 is 9.32 Å². The molecule has 0 spiro atoms. The molecule has 2 aromatic heterocycles. The average Bonchev–Trinajstić information content (AvgIpc) is 3.34. The zero-order valence-electron chi connectivity index (χ0n) is 13.9. The van der Waals surface area contributed by atoms with Crippen LogP contribution in [0.4, 0.5) is 0 Å². The van der Waals surface area contributed by atoms with Crippen LogP contribution in [0.3, 0.4) is 0 Å². The molecule has 1 aliphatic rings. The number of carbonyl (C=O) groups is 1. The Bertz CT molecular complexity index is 939. The molecule has 0 radical (unpaired) electrons. The maximum atomic E-state index is 12.7. The molecule has 3 aromatic rings. The highest BCUT2D eigenvalue weighted by Crippen LogP contribution is 2.38. The second kappa shape index (κ2) is 6.91. The zero-order chi connectivity index (χ0) is 17.9. The SMILES string of the molecule is O=C(Cn1ncccc1=O)N1C[C@H](c2ncon2)[C@H](c2ccccc2)C1. The van der Waals surface area contributed by atoms with Crippen molar-refractivity contribution in [3.8, 4) is 0 Å². The number of rotatable bonds is 4. The molecule has 1 saturated heterocycles. The van der Waals surface area contributed by atoms with Crippen LogP contribution in [0.1, 0.15) is 23.2 Å². The Morgan fingerprint density at radius 2 is 1.92 bits per heavy atom. The van der Waals surface area contributed by atoms with Gasteiger partial charge < -0.3 is 9.42 Å². The van der Waals surface area contributed by atoms with Gasteiger partial charge in [0.1, 0.15) is 6.54 Å². The van der Waals surface area contributed by atoms with Gasteiger partial charge in [0, 0.05) is 37.2 Å². The van der Waals surface area contributed by atoms with E-state index < -0.39 is 0 Å². The van der Waals surface area contributed by atoms with E-state index in [-0.39, 0.29) is 29.8 Å². The molecule has 26 heavy (non-hydrogen) atoms. The quantitative estimate of drug-likeness (QED) is 0.697. The molecule has 0 aliphatic carbocycles. The fourth-order valence-electron chi connectivity index (χ4n) is 3.38. The van der Waals surface area contributed by atoms with Gasteiger partial charge in [-0.2, -0.15) is 10.1 Å². The number of hydrogen-bond donors (Lipinski definition) is 0. The minimum atomic E-state index is -0.297. The smallest absolute Gasteiger partial charge is 0.267 e. The Hall–Kier alpha value is -3.29. The second-order valence-corrected chi connectivity index (χ2v) is 6.23. The minimum Gasteiger partial charge on any atom is -0.343 e. The maximum Gasteiger partial charge on any atom is 0.267 e. The van der Waals surface area contributed by atoms with Crippen LogP contribution in [0.5, 0.6) is 0 Å². The normalized spacial score (nSPS) is 19.6. The molecule has 0 saturated carbocycles. The van der Waals surface area contributed by atoms with Gasteiger partial charge in [0.25, 0.3) is 5.56 Å². The predicted octanol–water partition coefficient (Wildman–Crippen LogP) is 1.04. The first-order valence-corrected chi connectivity index (χ1v) is 8.33. The monoisotopic (exact) mass is 351 g/mol. The van der Waals surface area contributed by atoms with E-state index in [1.165, 1.54) is 23.3 Å². The van der Waals surface area contributed by atoms with E-state index in [2.05, 4.69) is 15.2 Å². The fraction of sp³-hybridized carbons (Fsp3) is 0.278. The van der Waals surface area contributed by atoms with E-state index in [0.29, 0.717) is 18.9 Å². The Kier molecular flexibility index (Phi) is 4.30. The number of aromatic nitrogens is 4. The van der Waals surface area contributed by atoms with Crippen LogP contribution in [-0.2, 0) is 11.3 Å². The van der Waals surface area contributed by atoms with Crippen molar-refractivity contribution in [3.63, 3.8) is 0 Å². The van der Waals surface area contributed by atoms with Crippen LogP contribution in [0.2, 0.25) is 0 Å². The van der Waals surface area contributed by atoms with Crippen molar-refractivity contribution in [2.45, 2.75) is 18.4 Å². The highest BCUT2D eigenvalue weighted by Gasteiger charge is 2.39. The molecule has 8 heteroatoms. The van der Waals surface area contributed by atoms with E-state index in [1.807, 2.05) is 30.3 Å². The van der Waals surface area contributed by atoms with Crippen molar-refractivity contribution in [3.05, 3.63) is 76.8 Å². The Morgan fingerprint density at radius 1 is 1.12 bits per heavy atom. The summed E-state index contributed by atoms with van der Waals surface area (Å²) in [6.07, 6.45) is 2.79. The Morgan fingerprint density at radius 3 is 2.65 bits per heavy atom. The maximum absolute atomic E-state index is 12.7. The van der Waals surface area contributed by atoms with E-state index in [4.69, 9.17) is 4.52 Å². The first kappa shape index (κ1) is 16.2. The summed E-state index contributed by atoms with van der Waals surface area (Å²) in [6.45, 7) is 0.920. The van der Waals surface area contributed by atoms with Gasteiger partial charge in [0.15, 0.2) is 5.82 Å². The van der Waals surface area contributed by atoms with E-state index in [0.717, 1.165) is 5.56 Å². The molecule has 0 bridgehead atoms. The molecule has 1 aliphatic heterocycles. The van der Waals surface area contributed by atoms with Gasteiger partial charge in [-0.1, -0.05) is 35.5 Å². The number of hydrogen-bond acceptors (Lipinski definition) is 6. The van der Waals surface area contributed by atoms with Crippen LogP contribution in [0, 0.1) is 0 Å².